The Kier molecular flexibility index (Phi) is 8.35. The molecule has 5 heteroatoms. The first-order valence-corrected chi connectivity index (χ1v) is 11.6. The molecule has 1 atom stereocenters. The lowest BCUT2D eigenvalue weighted by atomic mass is 9.84. The Hall–Kier alpha value is -2.53. The lowest BCUT2D eigenvalue weighted by Gasteiger charge is -2.27. The zero-order valence-electron chi connectivity index (χ0n) is 19.3. The van der Waals surface area contributed by atoms with E-state index >= 15 is 0 Å². The van der Waals surface area contributed by atoms with Crippen molar-refractivity contribution < 1.29 is 14.3 Å². The van der Waals surface area contributed by atoms with E-state index in [4.69, 9.17) is 9.47 Å². The van der Waals surface area contributed by atoms with Gasteiger partial charge < -0.3 is 14.8 Å². The average Bonchev–Trinajstić information content (AvgIpc) is 2.81. The number of carbonyl (C=O) groups excluding carboxylic acids is 1. The lowest BCUT2D eigenvalue weighted by molar-refractivity contribution is 0.0459. The van der Waals surface area contributed by atoms with Crippen LogP contribution in [0.15, 0.2) is 42.5 Å². The Bertz CT molecular complexity index is 840. The number of amides is 1. The van der Waals surface area contributed by atoms with E-state index in [0.717, 1.165) is 13.1 Å². The zero-order valence-corrected chi connectivity index (χ0v) is 19.3. The van der Waals surface area contributed by atoms with Crippen LogP contribution in [-0.2, 0) is 0 Å². The molecule has 0 saturated heterocycles. The normalized spacial score (nSPS) is 15.5. The number of rotatable bonds is 9. The molecule has 0 aromatic heterocycles. The predicted octanol–water partition coefficient (Wildman–Crippen LogP) is 6.06. The second kappa shape index (κ2) is 11.2. The van der Waals surface area contributed by atoms with Gasteiger partial charge in [0.1, 0.15) is 6.23 Å². The van der Waals surface area contributed by atoms with Gasteiger partial charge in [0, 0.05) is 17.3 Å². The van der Waals surface area contributed by atoms with Gasteiger partial charge in [0.05, 0.1) is 7.11 Å². The van der Waals surface area contributed by atoms with E-state index in [2.05, 4.69) is 36.2 Å². The molecule has 1 unspecified atom stereocenters. The third-order valence-corrected chi connectivity index (χ3v) is 6.30. The maximum Gasteiger partial charge on any atom is 0.255 e. The van der Waals surface area contributed by atoms with E-state index < -0.39 is 0 Å². The van der Waals surface area contributed by atoms with Crippen LogP contribution in [0.25, 0.3) is 0 Å². The van der Waals surface area contributed by atoms with Crippen molar-refractivity contribution in [1.82, 2.24) is 4.90 Å². The van der Waals surface area contributed by atoms with E-state index in [1.165, 1.54) is 37.7 Å². The highest BCUT2D eigenvalue weighted by Gasteiger charge is 2.17. The number of carbonyl (C=O) groups is 1. The minimum Gasteiger partial charge on any atom is -0.493 e. The van der Waals surface area contributed by atoms with Crippen LogP contribution in [0.3, 0.4) is 0 Å². The van der Waals surface area contributed by atoms with Crippen molar-refractivity contribution in [1.29, 1.82) is 0 Å². The van der Waals surface area contributed by atoms with Crippen LogP contribution in [0, 0.1) is 0 Å². The van der Waals surface area contributed by atoms with E-state index in [9.17, 15) is 4.79 Å². The molecule has 1 saturated carbocycles. The first-order chi connectivity index (χ1) is 15.0. The van der Waals surface area contributed by atoms with Crippen LogP contribution in [0.4, 0.5) is 5.69 Å². The van der Waals surface area contributed by atoms with Gasteiger partial charge in [-0.3, -0.25) is 9.69 Å². The number of hydrogen-bond acceptors (Lipinski definition) is 4. The Balaban J connectivity index is 1.69. The lowest BCUT2D eigenvalue weighted by Crippen LogP contribution is -2.36. The summed E-state index contributed by atoms with van der Waals surface area (Å²) in [6, 6.07) is 13.6. The van der Waals surface area contributed by atoms with Gasteiger partial charge in [-0.1, -0.05) is 45.2 Å². The molecule has 0 heterocycles. The molecule has 0 bridgehead atoms. The molecular weight excluding hydrogens is 388 g/mol. The quantitative estimate of drug-likeness (QED) is 0.497. The molecule has 1 aliphatic carbocycles. The van der Waals surface area contributed by atoms with E-state index in [0.29, 0.717) is 28.7 Å². The second-order valence-electron chi connectivity index (χ2n) is 8.22. The van der Waals surface area contributed by atoms with Crippen LogP contribution in [0.1, 0.15) is 74.7 Å². The highest BCUT2D eigenvalue weighted by Crippen LogP contribution is 2.33. The number of anilines is 1. The summed E-state index contributed by atoms with van der Waals surface area (Å²) in [6.07, 6.45) is 6.38. The van der Waals surface area contributed by atoms with Gasteiger partial charge in [-0.05, 0) is 68.6 Å². The molecule has 168 valence electrons. The van der Waals surface area contributed by atoms with Crippen molar-refractivity contribution in [3.05, 3.63) is 53.6 Å². The molecular formula is C26H36N2O3. The summed E-state index contributed by atoms with van der Waals surface area (Å²) in [5, 5.41) is 2.99. The van der Waals surface area contributed by atoms with Gasteiger partial charge in [-0.15, -0.1) is 0 Å². The maximum absolute atomic E-state index is 12.8. The number of benzene rings is 2. The fourth-order valence-electron chi connectivity index (χ4n) is 4.39. The summed E-state index contributed by atoms with van der Waals surface area (Å²) < 4.78 is 11.6. The predicted molar refractivity (Wildman–Crippen MR) is 126 cm³/mol. The van der Waals surface area contributed by atoms with Crippen LogP contribution in [0.2, 0.25) is 0 Å². The minimum absolute atomic E-state index is 0.0952. The second-order valence-corrected chi connectivity index (χ2v) is 8.22. The number of nitrogens with zero attached hydrogens (tertiary/aromatic N) is 1. The van der Waals surface area contributed by atoms with Crippen molar-refractivity contribution in [3.8, 4) is 11.5 Å². The van der Waals surface area contributed by atoms with Gasteiger partial charge in [0.2, 0.25) is 0 Å². The van der Waals surface area contributed by atoms with Crippen LogP contribution in [-0.4, -0.2) is 37.2 Å². The highest BCUT2D eigenvalue weighted by atomic mass is 16.5. The molecule has 0 radical (unpaired) electrons. The molecule has 5 nitrogen and oxygen atoms in total. The number of methoxy groups -OCH3 is 1. The molecule has 1 aliphatic rings. The van der Waals surface area contributed by atoms with E-state index in [1.807, 2.05) is 37.3 Å². The average molecular weight is 425 g/mol. The fourth-order valence-corrected chi connectivity index (χ4v) is 4.39. The van der Waals surface area contributed by atoms with E-state index in [-0.39, 0.29) is 12.1 Å². The van der Waals surface area contributed by atoms with Gasteiger partial charge >= 0.3 is 0 Å². The summed E-state index contributed by atoms with van der Waals surface area (Å²) >= 11 is 0. The van der Waals surface area contributed by atoms with Crippen molar-refractivity contribution in [2.45, 2.75) is 65.0 Å². The smallest absolute Gasteiger partial charge is 0.255 e. The maximum atomic E-state index is 12.8. The molecule has 2 aromatic carbocycles. The molecule has 1 fully saturated rings. The van der Waals surface area contributed by atoms with Gasteiger partial charge in [0.15, 0.2) is 11.5 Å². The molecule has 2 aromatic rings. The van der Waals surface area contributed by atoms with Crippen LogP contribution >= 0.6 is 0 Å². The molecule has 0 aliphatic heterocycles. The minimum atomic E-state index is -0.122. The zero-order chi connectivity index (χ0) is 22.2. The first-order valence-electron chi connectivity index (χ1n) is 11.6. The third-order valence-electron chi connectivity index (χ3n) is 6.30. The van der Waals surface area contributed by atoms with E-state index in [1.54, 1.807) is 7.11 Å². The van der Waals surface area contributed by atoms with Crippen molar-refractivity contribution in [3.63, 3.8) is 0 Å². The fraction of sp³-hybridized carbons (Fsp3) is 0.500. The molecule has 0 spiro atoms. The summed E-state index contributed by atoms with van der Waals surface area (Å²) in [4.78, 5) is 15.0. The van der Waals surface area contributed by atoms with Crippen molar-refractivity contribution >= 4 is 11.6 Å². The summed E-state index contributed by atoms with van der Waals surface area (Å²) in [5.41, 5.74) is 2.69. The Morgan fingerprint density at radius 3 is 2.32 bits per heavy atom. The standard InChI is InChI=1S/C26H36N2O3/c1-5-28(6-2)19(3)31-25-18-23(16-17-24(25)30-4)27-26(29)22-14-12-21(13-15-22)20-10-8-7-9-11-20/h12-20H,5-11H2,1-4H3,(H,27,29). The molecule has 1 amide bonds. The van der Waals surface area contributed by atoms with Gasteiger partial charge in [-0.2, -0.15) is 0 Å². The molecule has 31 heavy (non-hydrogen) atoms. The number of hydrogen-bond donors (Lipinski definition) is 1. The first kappa shape index (κ1) is 23.1. The third kappa shape index (κ3) is 6.01. The Labute approximate surface area is 186 Å². The molecule has 3 rings (SSSR count). The Morgan fingerprint density at radius 1 is 1.03 bits per heavy atom. The monoisotopic (exact) mass is 424 g/mol. The SMILES string of the molecule is CCN(CC)C(C)Oc1cc(NC(=O)c2ccc(C3CCCCC3)cc2)ccc1OC. The summed E-state index contributed by atoms with van der Waals surface area (Å²) in [5.74, 6) is 1.78. The number of ether oxygens (including phenoxy) is 2. The number of nitrogens with one attached hydrogen (secondary N) is 1. The van der Waals surface area contributed by atoms with Crippen LogP contribution < -0.4 is 14.8 Å². The Morgan fingerprint density at radius 2 is 1.71 bits per heavy atom. The largest absolute Gasteiger partial charge is 0.493 e. The summed E-state index contributed by atoms with van der Waals surface area (Å²) in [7, 11) is 1.62. The van der Waals surface area contributed by atoms with Gasteiger partial charge in [0.25, 0.3) is 5.91 Å². The van der Waals surface area contributed by atoms with Gasteiger partial charge in [-0.25, -0.2) is 0 Å². The topological polar surface area (TPSA) is 50.8 Å². The van der Waals surface area contributed by atoms with Crippen LogP contribution in [0.5, 0.6) is 11.5 Å². The summed E-state index contributed by atoms with van der Waals surface area (Å²) in [6.45, 7) is 8.03. The van der Waals surface area contributed by atoms with Crippen molar-refractivity contribution in [2.75, 3.05) is 25.5 Å². The molecule has 1 N–H and O–H groups in total. The highest BCUT2D eigenvalue weighted by molar-refractivity contribution is 6.04. The van der Waals surface area contributed by atoms with Crippen molar-refractivity contribution in [2.24, 2.45) is 0 Å².